The lowest BCUT2D eigenvalue weighted by atomic mass is 10.1. The molecule has 24 heavy (non-hydrogen) atoms. The highest BCUT2D eigenvalue weighted by Crippen LogP contribution is 2.31. The quantitative estimate of drug-likeness (QED) is 0.684. The molecule has 0 bridgehead atoms. The highest BCUT2D eigenvalue weighted by Gasteiger charge is 2.13. The zero-order valence-electron chi connectivity index (χ0n) is 14.3. The van der Waals surface area contributed by atoms with Crippen LogP contribution in [0.15, 0.2) is 30.3 Å². The number of nitrogens with one attached hydrogen (secondary N) is 2. The molecule has 0 aliphatic carbocycles. The maximum Gasteiger partial charge on any atom is 0.261 e. The summed E-state index contributed by atoms with van der Waals surface area (Å²) in [6.45, 7) is 4.81. The van der Waals surface area contributed by atoms with Gasteiger partial charge in [0.15, 0.2) is 0 Å². The lowest BCUT2D eigenvalue weighted by molar-refractivity contribution is 0.0957. The van der Waals surface area contributed by atoms with Crippen molar-refractivity contribution in [3.05, 3.63) is 40.1 Å². The van der Waals surface area contributed by atoms with Gasteiger partial charge in [-0.2, -0.15) is 0 Å². The fourth-order valence-electron chi connectivity index (χ4n) is 2.30. The summed E-state index contributed by atoms with van der Waals surface area (Å²) in [7, 11) is 3.32. The molecule has 130 valence electrons. The highest BCUT2D eigenvalue weighted by atomic mass is 32.1. The maximum absolute atomic E-state index is 12.3. The molecule has 0 saturated heterocycles. The largest absolute Gasteiger partial charge is 0.497 e. The van der Waals surface area contributed by atoms with Crippen LogP contribution in [0.4, 0.5) is 0 Å². The second kappa shape index (κ2) is 9.42. The van der Waals surface area contributed by atoms with Gasteiger partial charge >= 0.3 is 0 Å². The number of aryl methyl sites for hydroxylation is 1. The zero-order chi connectivity index (χ0) is 17.4. The number of methoxy groups -OCH3 is 2. The Bertz CT molecular complexity index is 653. The van der Waals surface area contributed by atoms with Gasteiger partial charge in [0.1, 0.15) is 5.75 Å². The van der Waals surface area contributed by atoms with E-state index in [2.05, 4.69) is 10.6 Å². The molecule has 0 radical (unpaired) electrons. The molecule has 1 aromatic heterocycles. The van der Waals surface area contributed by atoms with Crippen molar-refractivity contribution in [1.82, 2.24) is 10.6 Å². The monoisotopic (exact) mass is 348 g/mol. The molecule has 6 heteroatoms. The van der Waals surface area contributed by atoms with E-state index >= 15 is 0 Å². The number of hydrogen-bond acceptors (Lipinski definition) is 5. The Balaban J connectivity index is 1.93. The van der Waals surface area contributed by atoms with Crippen LogP contribution in [0.25, 0.3) is 11.1 Å². The van der Waals surface area contributed by atoms with Gasteiger partial charge in [0.05, 0.1) is 18.6 Å². The normalized spacial score (nSPS) is 10.6. The minimum atomic E-state index is -0.0311. The van der Waals surface area contributed by atoms with Crippen LogP contribution in [0.3, 0.4) is 0 Å². The molecule has 1 amide bonds. The Hall–Kier alpha value is -1.89. The molecule has 5 nitrogen and oxygen atoms in total. The summed E-state index contributed by atoms with van der Waals surface area (Å²) in [5, 5.41) is 6.13. The molecule has 1 aromatic carbocycles. The average molecular weight is 348 g/mol. The van der Waals surface area contributed by atoms with Crippen molar-refractivity contribution in [2.45, 2.75) is 6.92 Å². The van der Waals surface area contributed by atoms with E-state index in [4.69, 9.17) is 9.47 Å². The Morgan fingerprint density at radius 2 is 1.88 bits per heavy atom. The highest BCUT2D eigenvalue weighted by molar-refractivity contribution is 7.14. The Kier molecular flexibility index (Phi) is 7.24. The molecule has 1 heterocycles. The first-order valence-electron chi connectivity index (χ1n) is 7.88. The molecule has 2 N–H and O–H groups in total. The molecule has 0 aliphatic rings. The van der Waals surface area contributed by atoms with Crippen LogP contribution in [0.5, 0.6) is 5.75 Å². The molecule has 0 saturated carbocycles. The van der Waals surface area contributed by atoms with Gasteiger partial charge in [0.25, 0.3) is 5.91 Å². The lowest BCUT2D eigenvalue weighted by Crippen LogP contribution is -2.32. The molecule has 0 fully saturated rings. The van der Waals surface area contributed by atoms with E-state index in [0.717, 1.165) is 39.7 Å². The molecule has 0 aliphatic heterocycles. The summed E-state index contributed by atoms with van der Waals surface area (Å²) in [6.07, 6.45) is 0. The van der Waals surface area contributed by atoms with Gasteiger partial charge in [0.2, 0.25) is 0 Å². The van der Waals surface area contributed by atoms with Crippen LogP contribution >= 0.6 is 11.3 Å². The van der Waals surface area contributed by atoms with Crippen LogP contribution in [0.2, 0.25) is 0 Å². The number of carbonyl (C=O) groups excluding carboxylic acids is 1. The fraction of sp³-hybridized carbons (Fsp3) is 0.389. The molecular formula is C18H24N2O3S. The van der Waals surface area contributed by atoms with Crippen molar-refractivity contribution in [2.24, 2.45) is 0 Å². The molecule has 2 aromatic rings. The van der Waals surface area contributed by atoms with Crippen molar-refractivity contribution in [3.8, 4) is 16.9 Å². The van der Waals surface area contributed by atoms with E-state index in [1.807, 2.05) is 37.3 Å². The maximum atomic E-state index is 12.3. The second-order valence-corrected chi connectivity index (χ2v) is 6.56. The number of hydrogen-bond donors (Lipinski definition) is 2. The van der Waals surface area contributed by atoms with Gasteiger partial charge in [-0.05, 0) is 36.2 Å². The standard InChI is InChI=1S/C18H24N2O3S/c1-13-16(14-4-6-15(23-3)7-5-14)12-17(24-13)18(21)20-9-8-19-10-11-22-2/h4-7,12,19H,8-11H2,1-3H3,(H,20,21). The fourth-order valence-corrected chi connectivity index (χ4v) is 3.26. The van der Waals surface area contributed by atoms with Gasteiger partial charge in [0, 0.05) is 31.6 Å². The van der Waals surface area contributed by atoms with E-state index < -0.39 is 0 Å². The molecule has 0 spiro atoms. The first-order valence-corrected chi connectivity index (χ1v) is 8.70. The minimum absolute atomic E-state index is 0.0311. The van der Waals surface area contributed by atoms with Crippen LogP contribution in [-0.2, 0) is 4.74 Å². The Morgan fingerprint density at radius 3 is 2.54 bits per heavy atom. The zero-order valence-corrected chi connectivity index (χ0v) is 15.2. The van der Waals surface area contributed by atoms with Crippen molar-refractivity contribution in [1.29, 1.82) is 0 Å². The van der Waals surface area contributed by atoms with Gasteiger partial charge in [-0.25, -0.2) is 0 Å². The van der Waals surface area contributed by atoms with Crippen molar-refractivity contribution >= 4 is 17.2 Å². The third kappa shape index (κ3) is 5.06. The first-order chi connectivity index (χ1) is 11.7. The first kappa shape index (κ1) is 18.4. The predicted octanol–water partition coefficient (Wildman–Crippen LogP) is 2.70. The van der Waals surface area contributed by atoms with E-state index in [9.17, 15) is 4.79 Å². The summed E-state index contributed by atoms with van der Waals surface area (Å²) in [5.41, 5.74) is 2.18. The second-order valence-electron chi connectivity index (χ2n) is 5.31. The van der Waals surface area contributed by atoms with Gasteiger partial charge in [-0.1, -0.05) is 12.1 Å². The van der Waals surface area contributed by atoms with Crippen LogP contribution < -0.4 is 15.4 Å². The predicted molar refractivity (Wildman–Crippen MR) is 98.1 cm³/mol. The SMILES string of the molecule is COCCNCCNC(=O)c1cc(-c2ccc(OC)cc2)c(C)s1. The van der Waals surface area contributed by atoms with E-state index in [1.165, 1.54) is 11.3 Å². The van der Waals surface area contributed by atoms with Gasteiger partial charge in [-0.15, -0.1) is 11.3 Å². The number of rotatable bonds is 9. The van der Waals surface area contributed by atoms with Crippen molar-refractivity contribution < 1.29 is 14.3 Å². The third-order valence-corrected chi connectivity index (χ3v) is 4.66. The molecule has 2 rings (SSSR count). The molecule has 0 atom stereocenters. The Labute approximate surface area is 147 Å². The van der Waals surface area contributed by atoms with Crippen molar-refractivity contribution in [3.63, 3.8) is 0 Å². The van der Waals surface area contributed by atoms with Gasteiger partial charge < -0.3 is 20.1 Å². The third-order valence-electron chi connectivity index (χ3n) is 3.61. The van der Waals surface area contributed by atoms with Crippen LogP contribution in [0, 0.1) is 6.92 Å². The van der Waals surface area contributed by atoms with E-state index in [-0.39, 0.29) is 5.91 Å². The van der Waals surface area contributed by atoms with Crippen molar-refractivity contribution in [2.75, 3.05) is 40.5 Å². The summed E-state index contributed by atoms with van der Waals surface area (Å²) >= 11 is 1.52. The lowest BCUT2D eigenvalue weighted by Gasteiger charge is -2.05. The topological polar surface area (TPSA) is 59.6 Å². The molecule has 0 unspecified atom stereocenters. The smallest absolute Gasteiger partial charge is 0.261 e. The number of thiophene rings is 1. The van der Waals surface area contributed by atoms with E-state index in [1.54, 1.807) is 14.2 Å². The van der Waals surface area contributed by atoms with E-state index in [0.29, 0.717) is 13.2 Å². The Morgan fingerprint density at radius 1 is 1.12 bits per heavy atom. The van der Waals surface area contributed by atoms with Crippen LogP contribution in [0.1, 0.15) is 14.5 Å². The average Bonchev–Trinajstić information content (AvgIpc) is 3.00. The number of amides is 1. The molecular weight excluding hydrogens is 324 g/mol. The number of carbonyl (C=O) groups is 1. The summed E-state index contributed by atoms with van der Waals surface area (Å²) < 4.78 is 10.1. The van der Waals surface area contributed by atoms with Gasteiger partial charge in [-0.3, -0.25) is 4.79 Å². The minimum Gasteiger partial charge on any atom is -0.497 e. The van der Waals surface area contributed by atoms with Crippen LogP contribution in [-0.4, -0.2) is 46.4 Å². The summed E-state index contributed by atoms with van der Waals surface area (Å²) in [6, 6.07) is 9.83. The summed E-state index contributed by atoms with van der Waals surface area (Å²) in [4.78, 5) is 14.1. The number of benzene rings is 1. The number of ether oxygens (including phenoxy) is 2. The summed E-state index contributed by atoms with van der Waals surface area (Å²) in [5.74, 6) is 0.793.